The summed E-state index contributed by atoms with van der Waals surface area (Å²) in [4.78, 5) is 16.2. The molecule has 1 heterocycles. The number of nitrogens with one attached hydrogen (secondary N) is 2. The monoisotopic (exact) mass is 265 g/mol. The van der Waals surface area contributed by atoms with Gasteiger partial charge in [0.2, 0.25) is 0 Å². The highest BCUT2D eigenvalue weighted by Gasteiger charge is 2.20. The molecule has 0 atom stereocenters. The fraction of sp³-hybridized carbons (Fsp3) is 0.571. The SMILES string of the molecule is CCNc1cnccc1C(=O)NCC(C)(C)OCC. The number of ether oxygens (including phenoxy) is 1. The maximum atomic E-state index is 12.2. The van der Waals surface area contributed by atoms with E-state index in [1.54, 1.807) is 18.5 Å². The lowest BCUT2D eigenvalue weighted by Gasteiger charge is -2.25. The molecule has 2 N–H and O–H groups in total. The fourth-order valence-electron chi connectivity index (χ4n) is 1.75. The summed E-state index contributed by atoms with van der Waals surface area (Å²) in [6, 6.07) is 1.71. The van der Waals surface area contributed by atoms with Crippen molar-refractivity contribution in [1.29, 1.82) is 0 Å². The van der Waals surface area contributed by atoms with Gasteiger partial charge < -0.3 is 15.4 Å². The Labute approximate surface area is 114 Å². The predicted octanol–water partition coefficient (Wildman–Crippen LogP) is 2.06. The first-order chi connectivity index (χ1) is 9.00. The van der Waals surface area contributed by atoms with E-state index in [-0.39, 0.29) is 11.5 Å². The Morgan fingerprint density at radius 3 is 2.79 bits per heavy atom. The Morgan fingerprint density at radius 2 is 2.16 bits per heavy atom. The Balaban J connectivity index is 2.68. The number of pyridine rings is 1. The Hall–Kier alpha value is -1.62. The van der Waals surface area contributed by atoms with Crippen molar-refractivity contribution in [1.82, 2.24) is 10.3 Å². The first kappa shape index (κ1) is 15.4. The van der Waals surface area contributed by atoms with Crippen molar-refractivity contribution < 1.29 is 9.53 Å². The van der Waals surface area contributed by atoms with Gasteiger partial charge in [-0.1, -0.05) is 0 Å². The first-order valence-electron chi connectivity index (χ1n) is 6.60. The van der Waals surface area contributed by atoms with Gasteiger partial charge in [0.1, 0.15) is 0 Å². The van der Waals surface area contributed by atoms with Crippen LogP contribution in [0.2, 0.25) is 0 Å². The summed E-state index contributed by atoms with van der Waals surface area (Å²) >= 11 is 0. The lowest BCUT2D eigenvalue weighted by Crippen LogP contribution is -2.40. The molecule has 5 nitrogen and oxygen atoms in total. The van der Waals surface area contributed by atoms with Gasteiger partial charge in [0.05, 0.1) is 23.0 Å². The van der Waals surface area contributed by atoms with E-state index in [4.69, 9.17) is 4.74 Å². The second kappa shape index (κ2) is 7.09. The molecule has 0 bridgehead atoms. The van der Waals surface area contributed by atoms with E-state index < -0.39 is 0 Å². The summed E-state index contributed by atoms with van der Waals surface area (Å²) < 4.78 is 5.55. The number of anilines is 1. The minimum absolute atomic E-state index is 0.119. The normalized spacial score (nSPS) is 11.2. The van der Waals surface area contributed by atoms with Crippen LogP contribution >= 0.6 is 0 Å². The second-order valence-corrected chi connectivity index (χ2v) is 4.83. The Morgan fingerprint density at radius 1 is 1.42 bits per heavy atom. The zero-order chi connectivity index (χ0) is 14.3. The first-order valence-corrected chi connectivity index (χ1v) is 6.60. The van der Waals surface area contributed by atoms with Crippen molar-refractivity contribution in [2.75, 3.05) is 25.0 Å². The van der Waals surface area contributed by atoms with Crippen molar-refractivity contribution >= 4 is 11.6 Å². The lowest BCUT2D eigenvalue weighted by molar-refractivity contribution is -0.00815. The molecule has 0 fully saturated rings. The number of aromatic nitrogens is 1. The molecule has 0 spiro atoms. The van der Waals surface area contributed by atoms with Crippen molar-refractivity contribution in [2.45, 2.75) is 33.3 Å². The van der Waals surface area contributed by atoms with Crippen LogP contribution in [0.1, 0.15) is 38.1 Å². The lowest BCUT2D eigenvalue weighted by atomic mass is 10.1. The van der Waals surface area contributed by atoms with Gasteiger partial charge in [-0.2, -0.15) is 0 Å². The standard InChI is InChI=1S/C14H23N3O2/c1-5-16-12-9-15-8-7-11(12)13(18)17-10-14(3,4)19-6-2/h7-9,16H,5-6,10H2,1-4H3,(H,17,18). The third-order valence-electron chi connectivity index (χ3n) is 2.64. The van der Waals surface area contributed by atoms with E-state index in [1.807, 2.05) is 27.7 Å². The topological polar surface area (TPSA) is 63.2 Å². The number of carbonyl (C=O) groups excluding carboxylic acids is 1. The van der Waals surface area contributed by atoms with E-state index in [0.717, 1.165) is 12.2 Å². The van der Waals surface area contributed by atoms with Crippen LogP contribution in [0.5, 0.6) is 0 Å². The van der Waals surface area contributed by atoms with E-state index in [9.17, 15) is 4.79 Å². The van der Waals surface area contributed by atoms with Crippen molar-refractivity contribution in [3.05, 3.63) is 24.0 Å². The molecule has 1 amide bonds. The molecule has 0 aromatic carbocycles. The summed E-state index contributed by atoms with van der Waals surface area (Å²) in [6.07, 6.45) is 3.27. The Kier molecular flexibility index (Phi) is 5.76. The molecule has 1 aromatic heterocycles. The van der Waals surface area contributed by atoms with E-state index in [0.29, 0.717) is 18.7 Å². The smallest absolute Gasteiger partial charge is 0.253 e. The number of nitrogens with zero attached hydrogens (tertiary/aromatic N) is 1. The molecule has 0 aliphatic heterocycles. The number of carbonyl (C=O) groups is 1. The van der Waals surface area contributed by atoms with Crippen LogP contribution in [0.4, 0.5) is 5.69 Å². The van der Waals surface area contributed by atoms with Gasteiger partial charge in [0.25, 0.3) is 5.91 Å². The summed E-state index contributed by atoms with van der Waals surface area (Å²) in [5.41, 5.74) is 0.983. The summed E-state index contributed by atoms with van der Waals surface area (Å²) in [6.45, 7) is 9.66. The van der Waals surface area contributed by atoms with Gasteiger partial charge in [0, 0.05) is 25.9 Å². The van der Waals surface area contributed by atoms with Crippen LogP contribution in [0, 0.1) is 0 Å². The summed E-state index contributed by atoms with van der Waals surface area (Å²) in [5, 5.41) is 6.02. The molecule has 5 heteroatoms. The highest BCUT2D eigenvalue weighted by molar-refractivity contribution is 5.99. The van der Waals surface area contributed by atoms with Crippen molar-refractivity contribution in [3.63, 3.8) is 0 Å². The highest BCUT2D eigenvalue weighted by Crippen LogP contribution is 2.14. The predicted molar refractivity (Wildman–Crippen MR) is 76.4 cm³/mol. The van der Waals surface area contributed by atoms with E-state index >= 15 is 0 Å². The average molecular weight is 265 g/mol. The van der Waals surface area contributed by atoms with Gasteiger partial charge in [-0.05, 0) is 33.8 Å². The second-order valence-electron chi connectivity index (χ2n) is 4.83. The average Bonchev–Trinajstić information content (AvgIpc) is 2.37. The van der Waals surface area contributed by atoms with Crippen molar-refractivity contribution in [3.8, 4) is 0 Å². The molecule has 1 aromatic rings. The minimum atomic E-state index is -0.365. The number of amides is 1. The molecule has 0 saturated heterocycles. The van der Waals surface area contributed by atoms with Gasteiger partial charge in [-0.3, -0.25) is 9.78 Å². The number of hydrogen-bond donors (Lipinski definition) is 2. The van der Waals surface area contributed by atoms with Gasteiger partial charge in [-0.25, -0.2) is 0 Å². The molecule has 0 radical (unpaired) electrons. The van der Waals surface area contributed by atoms with Gasteiger partial charge >= 0.3 is 0 Å². The molecular formula is C14H23N3O2. The number of rotatable bonds is 7. The molecular weight excluding hydrogens is 242 g/mol. The molecule has 19 heavy (non-hydrogen) atoms. The zero-order valence-corrected chi connectivity index (χ0v) is 12.1. The van der Waals surface area contributed by atoms with Crippen LogP contribution in [0.15, 0.2) is 18.5 Å². The quantitative estimate of drug-likeness (QED) is 0.792. The van der Waals surface area contributed by atoms with E-state index in [1.165, 1.54) is 0 Å². The van der Waals surface area contributed by atoms with Crippen molar-refractivity contribution in [2.24, 2.45) is 0 Å². The number of hydrogen-bond acceptors (Lipinski definition) is 4. The molecule has 0 aliphatic carbocycles. The van der Waals surface area contributed by atoms with Crippen LogP contribution in [-0.4, -0.2) is 36.2 Å². The van der Waals surface area contributed by atoms with E-state index in [2.05, 4.69) is 15.6 Å². The minimum Gasteiger partial charge on any atom is -0.383 e. The highest BCUT2D eigenvalue weighted by atomic mass is 16.5. The molecule has 106 valence electrons. The van der Waals surface area contributed by atoms with Crippen LogP contribution in [0.25, 0.3) is 0 Å². The van der Waals surface area contributed by atoms with Gasteiger partial charge in [-0.15, -0.1) is 0 Å². The molecule has 0 aliphatic rings. The third kappa shape index (κ3) is 4.87. The van der Waals surface area contributed by atoms with Gasteiger partial charge in [0.15, 0.2) is 0 Å². The molecule has 0 unspecified atom stereocenters. The maximum absolute atomic E-state index is 12.2. The van der Waals surface area contributed by atoms with Crippen LogP contribution < -0.4 is 10.6 Å². The zero-order valence-electron chi connectivity index (χ0n) is 12.1. The fourth-order valence-corrected chi connectivity index (χ4v) is 1.75. The third-order valence-corrected chi connectivity index (χ3v) is 2.64. The van der Waals surface area contributed by atoms with Crippen LogP contribution in [-0.2, 0) is 4.74 Å². The molecule has 0 saturated carbocycles. The van der Waals surface area contributed by atoms with Crippen LogP contribution in [0.3, 0.4) is 0 Å². The Bertz CT molecular complexity index is 419. The maximum Gasteiger partial charge on any atom is 0.253 e. The largest absolute Gasteiger partial charge is 0.383 e. The summed E-state index contributed by atoms with van der Waals surface area (Å²) in [5.74, 6) is -0.119. The summed E-state index contributed by atoms with van der Waals surface area (Å²) in [7, 11) is 0. The molecule has 1 rings (SSSR count).